The van der Waals surface area contributed by atoms with Crippen LogP contribution in [0.3, 0.4) is 0 Å². The van der Waals surface area contributed by atoms with Crippen molar-refractivity contribution in [2.45, 2.75) is 25.1 Å². The highest BCUT2D eigenvalue weighted by Crippen LogP contribution is 2.27. The fraction of sp³-hybridized carbons (Fsp3) is 0.667. The molecule has 2 aliphatic heterocycles. The highest BCUT2D eigenvalue weighted by Gasteiger charge is 2.33. The quantitative estimate of drug-likeness (QED) is 0.406. The molecule has 9 nitrogen and oxygen atoms in total. The number of alkyl halides is 3. The second-order valence-electron chi connectivity index (χ2n) is 6.98. The minimum Gasteiger partial charge on any atom is -0.368 e. The number of nitrogens with zero attached hydrogens (tertiary/aromatic N) is 5. The molecule has 1 amide bonds. The van der Waals surface area contributed by atoms with Crippen LogP contribution in [0.5, 0.6) is 0 Å². The van der Waals surface area contributed by atoms with Crippen LogP contribution in [0.15, 0.2) is 17.3 Å². The van der Waals surface area contributed by atoms with E-state index in [9.17, 15) is 18.0 Å². The van der Waals surface area contributed by atoms with Crippen LogP contribution in [-0.2, 0) is 15.7 Å². The summed E-state index contributed by atoms with van der Waals surface area (Å²) in [5, 5.41) is 5.93. The molecule has 1 unspecified atom stereocenters. The second-order valence-corrected chi connectivity index (χ2v) is 6.98. The van der Waals surface area contributed by atoms with Gasteiger partial charge in [-0.1, -0.05) is 0 Å². The number of aliphatic imine (C=N–C) groups is 1. The van der Waals surface area contributed by atoms with E-state index in [0.717, 1.165) is 25.1 Å². The van der Waals surface area contributed by atoms with Gasteiger partial charge >= 0.3 is 6.18 Å². The first kappa shape index (κ1) is 22.1. The molecular formula is C18H26F3N7O2. The summed E-state index contributed by atoms with van der Waals surface area (Å²) in [4.78, 5) is 27.8. The molecule has 0 aromatic carbocycles. The van der Waals surface area contributed by atoms with Gasteiger partial charge in [0.2, 0.25) is 5.95 Å². The summed E-state index contributed by atoms with van der Waals surface area (Å²) in [5.41, 5.74) is -0.987. The molecule has 0 saturated carbocycles. The average Bonchev–Trinajstić information content (AvgIpc) is 3.28. The molecule has 0 bridgehead atoms. The number of amides is 1. The van der Waals surface area contributed by atoms with E-state index in [1.165, 1.54) is 0 Å². The summed E-state index contributed by atoms with van der Waals surface area (Å²) in [7, 11) is 1.66. The number of ether oxygens (including phenoxy) is 1. The third-order valence-corrected chi connectivity index (χ3v) is 4.95. The molecule has 12 heteroatoms. The predicted molar refractivity (Wildman–Crippen MR) is 104 cm³/mol. The molecule has 2 saturated heterocycles. The van der Waals surface area contributed by atoms with Crippen molar-refractivity contribution in [3.63, 3.8) is 0 Å². The van der Waals surface area contributed by atoms with Gasteiger partial charge < -0.3 is 25.2 Å². The van der Waals surface area contributed by atoms with Crippen LogP contribution < -0.4 is 10.6 Å². The molecule has 2 aliphatic rings. The van der Waals surface area contributed by atoms with Gasteiger partial charge in [0.15, 0.2) is 5.96 Å². The molecular weight excluding hydrogens is 403 g/mol. The fourth-order valence-electron chi connectivity index (χ4n) is 3.40. The summed E-state index contributed by atoms with van der Waals surface area (Å²) in [6.07, 6.45) is -2.04. The van der Waals surface area contributed by atoms with Crippen LogP contribution >= 0.6 is 0 Å². The fourth-order valence-corrected chi connectivity index (χ4v) is 3.40. The topological polar surface area (TPSA) is 95.0 Å². The average molecular weight is 429 g/mol. The number of aromatic nitrogens is 2. The molecule has 0 aliphatic carbocycles. The zero-order valence-corrected chi connectivity index (χ0v) is 16.8. The first-order valence-electron chi connectivity index (χ1n) is 9.88. The van der Waals surface area contributed by atoms with Crippen molar-refractivity contribution in [3.05, 3.63) is 18.0 Å². The van der Waals surface area contributed by atoms with Crippen LogP contribution in [0.2, 0.25) is 0 Å². The SMILES string of the molecule is CN=C(NCCNc1nccc(C(F)(F)F)n1)N1CCN(C(=O)C2CCCO2)CC1. The molecule has 2 N–H and O–H groups in total. The maximum absolute atomic E-state index is 12.7. The van der Waals surface area contributed by atoms with Gasteiger partial charge in [-0.05, 0) is 18.9 Å². The van der Waals surface area contributed by atoms with E-state index in [2.05, 4.69) is 25.6 Å². The van der Waals surface area contributed by atoms with Gasteiger partial charge in [-0.2, -0.15) is 13.2 Å². The molecule has 0 radical (unpaired) electrons. The van der Waals surface area contributed by atoms with Crippen LogP contribution in [0.4, 0.5) is 19.1 Å². The van der Waals surface area contributed by atoms with Crippen molar-refractivity contribution in [1.29, 1.82) is 0 Å². The molecule has 30 heavy (non-hydrogen) atoms. The number of anilines is 1. The van der Waals surface area contributed by atoms with Crippen molar-refractivity contribution >= 4 is 17.8 Å². The van der Waals surface area contributed by atoms with Gasteiger partial charge in [0.25, 0.3) is 5.91 Å². The molecule has 3 heterocycles. The number of hydrogen-bond acceptors (Lipinski definition) is 6. The first-order valence-corrected chi connectivity index (χ1v) is 9.88. The Bertz CT molecular complexity index is 746. The second kappa shape index (κ2) is 9.92. The van der Waals surface area contributed by atoms with Crippen LogP contribution in [0, 0.1) is 0 Å². The van der Waals surface area contributed by atoms with Gasteiger partial charge in [0.05, 0.1) is 0 Å². The Labute approximate surface area is 172 Å². The number of piperazine rings is 1. The third-order valence-electron chi connectivity index (χ3n) is 4.95. The lowest BCUT2D eigenvalue weighted by molar-refractivity contribution is -0.142. The minimum absolute atomic E-state index is 0.0559. The maximum Gasteiger partial charge on any atom is 0.433 e. The molecule has 166 valence electrons. The van der Waals surface area contributed by atoms with Crippen molar-refractivity contribution in [1.82, 2.24) is 25.1 Å². The lowest BCUT2D eigenvalue weighted by Gasteiger charge is -2.37. The predicted octanol–water partition coefficient (Wildman–Crippen LogP) is 0.806. The summed E-state index contributed by atoms with van der Waals surface area (Å²) in [6, 6.07) is 0.828. The smallest absolute Gasteiger partial charge is 0.368 e. The van der Waals surface area contributed by atoms with E-state index in [4.69, 9.17) is 4.74 Å². The molecule has 1 aromatic rings. The Morgan fingerprint density at radius 3 is 2.63 bits per heavy atom. The zero-order chi connectivity index (χ0) is 21.6. The molecule has 0 spiro atoms. The molecule has 3 rings (SSSR count). The molecule has 2 fully saturated rings. The Morgan fingerprint density at radius 2 is 2.00 bits per heavy atom. The summed E-state index contributed by atoms with van der Waals surface area (Å²) in [5.74, 6) is 0.647. The highest BCUT2D eigenvalue weighted by molar-refractivity contribution is 5.82. The highest BCUT2D eigenvalue weighted by atomic mass is 19.4. The van der Waals surface area contributed by atoms with Gasteiger partial charge in [0.1, 0.15) is 11.8 Å². The number of guanidine groups is 1. The number of hydrogen-bond donors (Lipinski definition) is 2. The van der Waals surface area contributed by atoms with Crippen molar-refractivity contribution < 1.29 is 22.7 Å². The Hall–Kier alpha value is -2.63. The molecule has 1 atom stereocenters. The number of carbonyl (C=O) groups excluding carboxylic acids is 1. The van der Waals surface area contributed by atoms with Crippen LogP contribution in [-0.4, -0.2) is 90.7 Å². The standard InChI is InChI=1S/C18H26F3N7O2/c1-22-17(25-7-6-24-16-23-5-4-14(26-16)18(19,20)21)28-10-8-27(9-11-28)15(29)13-3-2-12-30-13/h4-5,13H,2-3,6-12H2,1H3,(H,22,25)(H,23,24,26). The Balaban J connectivity index is 1.41. The normalized spacial score (nSPS) is 20.4. The van der Waals surface area contributed by atoms with E-state index < -0.39 is 11.9 Å². The Morgan fingerprint density at radius 1 is 1.27 bits per heavy atom. The van der Waals surface area contributed by atoms with Gasteiger partial charge in [0, 0.05) is 59.1 Å². The first-order chi connectivity index (χ1) is 14.4. The van der Waals surface area contributed by atoms with Crippen LogP contribution in [0.1, 0.15) is 18.5 Å². The van der Waals surface area contributed by atoms with E-state index in [0.29, 0.717) is 51.8 Å². The van der Waals surface area contributed by atoms with Crippen LogP contribution in [0.25, 0.3) is 0 Å². The lowest BCUT2D eigenvalue weighted by Crippen LogP contribution is -2.55. The van der Waals surface area contributed by atoms with Gasteiger partial charge in [-0.25, -0.2) is 9.97 Å². The maximum atomic E-state index is 12.7. The van der Waals surface area contributed by atoms with Gasteiger partial charge in [-0.15, -0.1) is 0 Å². The summed E-state index contributed by atoms with van der Waals surface area (Å²) >= 11 is 0. The zero-order valence-electron chi connectivity index (χ0n) is 16.8. The number of nitrogens with one attached hydrogen (secondary N) is 2. The minimum atomic E-state index is -4.51. The largest absolute Gasteiger partial charge is 0.433 e. The van der Waals surface area contributed by atoms with Gasteiger partial charge in [-0.3, -0.25) is 9.79 Å². The van der Waals surface area contributed by atoms with Crippen molar-refractivity contribution in [3.8, 4) is 0 Å². The van der Waals surface area contributed by atoms with Crippen molar-refractivity contribution in [2.75, 3.05) is 58.2 Å². The summed E-state index contributed by atoms with van der Waals surface area (Å²) < 4.78 is 43.6. The number of carbonyl (C=O) groups is 1. The summed E-state index contributed by atoms with van der Waals surface area (Å²) in [6.45, 7) is 3.85. The lowest BCUT2D eigenvalue weighted by atomic mass is 10.2. The van der Waals surface area contributed by atoms with E-state index in [1.807, 2.05) is 9.80 Å². The monoisotopic (exact) mass is 429 g/mol. The van der Waals surface area contributed by atoms with E-state index in [-0.39, 0.29) is 18.0 Å². The third kappa shape index (κ3) is 5.71. The molecule has 1 aromatic heterocycles. The number of rotatable bonds is 5. The Kier molecular flexibility index (Phi) is 7.29. The number of halogens is 3. The van der Waals surface area contributed by atoms with Crippen molar-refractivity contribution in [2.24, 2.45) is 4.99 Å². The van der Waals surface area contributed by atoms with E-state index in [1.54, 1.807) is 7.05 Å². The van der Waals surface area contributed by atoms with E-state index >= 15 is 0 Å².